The minimum atomic E-state index is -0.604. The lowest BCUT2D eigenvalue weighted by molar-refractivity contribution is -0.402. The van der Waals surface area contributed by atoms with Crippen molar-refractivity contribution in [1.29, 1.82) is 0 Å². The number of carbonyl (C=O) groups is 1. The van der Waals surface area contributed by atoms with Crippen molar-refractivity contribution in [3.8, 4) is 0 Å². The summed E-state index contributed by atoms with van der Waals surface area (Å²) in [6.07, 6.45) is 1.57. The van der Waals surface area contributed by atoms with Gasteiger partial charge >= 0.3 is 5.88 Å². The lowest BCUT2D eigenvalue weighted by Crippen LogP contribution is -2.49. The first-order valence-electron chi connectivity index (χ1n) is 8.14. The van der Waals surface area contributed by atoms with Crippen LogP contribution >= 0.6 is 15.9 Å². The Balaban J connectivity index is 1.74. The van der Waals surface area contributed by atoms with Crippen LogP contribution in [0.5, 0.6) is 0 Å². The predicted molar refractivity (Wildman–Crippen MR) is 104 cm³/mol. The molecule has 0 aliphatic carbocycles. The van der Waals surface area contributed by atoms with Crippen molar-refractivity contribution in [3.05, 3.63) is 98.2 Å². The number of hydrogen-bond donors (Lipinski definition) is 0. The normalized spacial score (nSPS) is 17.8. The Morgan fingerprint density at radius 3 is 2.37 bits per heavy atom. The van der Waals surface area contributed by atoms with Crippen LogP contribution < -0.4 is 4.90 Å². The van der Waals surface area contributed by atoms with Gasteiger partial charge in [-0.3, -0.25) is 19.8 Å². The molecule has 1 saturated heterocycles. The van der Waals surface area contributed by atoms with E-state index in [1.165, 1.54) is 12.1 Å². The van der Waals surface area contributed by atoms with Crippen LogP contribution in [0.4, 0.5) is 11.6 Å². The number of furan rings is 1. The van der Waals surface area contributed by atoms with E-state index in [-0.39, 0.29) is 23.6 Å². The number of carbonyl (C=O) groups excluding carboxylic acids is 1. The van der Waals surface area contributed by atoms with Crippen molar-refractivity contribution >= 4 is 39.5 Å². The van der Waals surface area contributed by atoms with E-state index in [1.807, 2.05) is 54.6 Å². The Labute approximate surface area is 163 Å². The highest BCUT2D eigenvalue weighted by atomic mass is 79.9. The van der Waals surface area contributed by atoms with Crippen LogP contribution in [0.15, 0.2) is 81.2 Å². The molecule has 2 heterocycles. The quantitative estimate of drug-likeness (QED) is 0.252. The first-order chi connectivity index (χ1) is 13.0. The van der Waals surface area contributed by atoms with Gasteiger partial charge < -0.3 is 4.42 Å². The monoisotopic (exact) mass is 424 g/mol. The van der Waals surface area contributed by atoms with Crippen molar-refractivity contribution in [1.82, 2.24) is 0 Å². The molecule has 4 rings (SSSR count). The number of amides is 1. The molecule has 1 fully saturated rings. The molecular weight excluding hydrogens is 412 g/mol. The molecule has 0 N–H and O–H groups in total. The zero-order valence-electron chi connectivity index (χ0n) is 13.9. The van der Waals surface area contributed by atoms with Gasteiger partial charge in [0.2, 0.25) is 0 Å². The number of nitro groups is 1. The van der Waals surface area contributed by atoms with Gasteiger partial charge in [-0.25, -0.2) is 0 Å². The van der Waals surface area contributed by atoms with Gasteiger partial charge in [0.25, 0.3) is 5.91 Å². The van der Waals surface area contributed by atoms with E-state index in [1.54, 1.807) is 11.0 Å². The van der Waals surface area contributed by atoms with E-state index in [0.29, 0.717) is 5.57 Å². The second-order valence-electron chi connectivity index (χ2n) is 6.00. The van der Waals surface area contributed by atoms with E-state index < -0.39 is 4.92 Å². The third-order valence-corrected chi connectivity index (χ3v) is 4.86. The summed E-state index contributed by atoms with van der Waals surface area (Å²) >= 11 is 3.40. The standard InChI is InChI=1S/C20H13BrN2O4/c21-14-6-8-15(9-7-14)22-19(13-4-2-1-3-5-13)17(20(22)24)12-16-10-11-18(27-16)23(25)26/h1-12,19H/b17-12-. The van der Waals surface area contributed by atoms with Crippen molar-refractivity contribution < 1.29 is 14.1 Å². The molecule has 6 nitrogen and oxygen atoms in total. The molecule has 27 heavy (non-hydrogen) atoms. The highest BCUT2D eigenvalue weighted by Crippen LogP contribution is 2.44. The Morgan fingerprint density at radius 1 is 1.04 bits per heavy atom. The average Bonchev–Trinajstić information content (AvgIpc) is 3.15. The zero-order valence-corrected chi connectivity index (χ0v) is 15.5. The molecule has 1 unspecified atom stereocenters. The summed E-state index contributed by atoms with van der Waals surface area (Å²) in [4.78, 5) is 24.8. The van der Waals surface area contributed by atoms with Crippen molar-refractivity contribution in [3.63, 3.8) is 0 Å². The van der Waals surface area contributed by atoms with Crippen LogP contribution in [0.3, 0.4) is 0 Å². The summed E-state index contributed by atoms with van der Waals surface area (Å²) in [6, 6.07) is 19.6. The van der Waals surface area contributed by atoms with Gasteiger partial charge in [0, 0.05) is 15.7 Å². The molecule has 1 aliphatic rings. The van der Waals surface area contributed by atoms with E-state index in [2.05, 4.69) is 15.9 Å². The Hall–Kier alpha value is -3.19. The van der Waals surface area contributed by atoms with Gasteiger partial charge in [0.15, 0.2) is 0 Å². The molecule has 7 heteroatoms. The summed E-state index contributed by atoms with van der Waals surface area (Å²) in [5, 5.41) is 10.8. The minimum Gasteiger partial charge on any atom is -0.401 e. The number of rotatable bonds is 4. The number of anilines is 1. The van der Waals surface area contributed by atoms with Crippen LogP contribution in [-0.2, 0) is 4.79 Å². The fourth-order valence-corrected chi connectivity index (χ4v) is 3.35. The summed E-state index contributed by atoms with van der Waals surface area (Å²) in [6.45, 7) is 0. The predicted octanol–water partition coefficient (Wildman–Crippen LogP) is 5.12. The van der Waals surface area contributed by atoms with E-state index in [9.17, 15) is 14.9 Å². The van der Waals surface area contributed by atoms with Crippen molar-refractivity contribution in [2.24, 2.45) is 0 Å². The van der Waals surface area contributed by atoms with Crippen LogP contribution in [0.1, 0.15) is 17.4 Å². The Bertz CT molecular complexity index is 1040. The zero-order chi connectivity index (χ0) is 19.0. The number of benzene rings is 2. The molecule has 1 aromatic heterocycles. The maximum atomic E-state index is 12.8. The average molecular weight is 425 g/mol. The first kappa shape index (κ1) is 17.2. The second-order valence-corrected chi connectivity index (χ2v) is 6.91. The number of β-lactam (4-membered cyclic amide) rings is 1. The molecule has 1 atom stereocenters. The van der Waals surface area contributed by atoms with Gasteiger partial charge in [-0.15, -0.1) is 0 Å². The fraction of sp³-hybridized carbons (Fsp3) is 0.0500. The summed E-state index contributed by atoms with van der Waals surface area (Å²) in [7, 11) is 0. The highest BCUT2D eigenvalue weighted by molar-refractivity contribution is 9.10. The van der Waals surface area contributed by atoms with Crippen molar-refractivity contribution in [2.45, 2.75) is 6.04 Å². The topological polar surface area (TPSA) is 76.6 Å². The third-order valence-electron chi connectivity index (χ3n) is 4.33. The van der Waals surface area contributed by atoms with Crippen molar-refractivity contribution in [2.75, 3.05) is 4.90 Å². The summed E-state index contributed by atoms with van der Waals surface area (Å²) in [5.41, 5.74) is 2.25. The smallest absolute Gasteiger partial charge is 0.401 e. The molecule has 1 amide bonds. The maximum Gasteiger partial charge on any atom is 0.433 e. The molecular formula is C20H13BrN2O4. The molecule has 3 aromatic rings. The van der Waals surface area contributed by atoms with E-state index in [4.69, 9.17) is 4.42 Å². The number of nitrogens with zero attached hydrogens (tertiary/aromatic N) is 2. The van der Waals surface area contributed by atoms with Crippen LogP contribution in [0, 0.1) is 10.1 Å². The first-order valence-corrected chi connectivity index (χ1v) is 8.94. The second kappa shape index (κ2) is 6.85. The maximum absolute atomic E-state index is 12.8. The van der Waals surface area contributed by atoms with Gasteiger partial charge in [0.05, 0.1) is 12.1 Å². The Morgan fingerprint density at radius 2 is 1.74 bits per heavy atom. The number of hydrogen-bond acceptors (Lipinski definition) is 4. The van der Waals surface area contributed by atoms with Gasteiger partial charge in [0.1, 0.15) is 10.7 Å². The van der Waals surface area contributed by atoms with Gasteiger partial charge in [-0.2, -0.15) is 0 Å². The molecule has 0 radical (unpaired) electrons. The van der Waals surface area contributed by atoms with E-state index >= 15 is 0 Å². The highest BCUT2D eigenvalue weighted by Gasteiger charge is 2.44. The largest absolute Gasteiger partial charge is 0.433 e. The summed E-state index contributed by atoms with van der Waals surface area (Å²) < 4.78 is 6.11. The SMILES string of the molecule is O=C1/C(=C\c2ccc([N+](=O)[O-])o2)C(c2ccccc2)N1c1ccc(Br)cc1. The molecule has 2 aromatic carbocycles. The molecule has 1 aliphatic heterocycles. The molecule has 134 valence electrons. The van der Waals surface area contributed by atoms with Gasteiger partial charge in [-0.1, -0.05) is 46.3 Å². The minimum absolute atomic E-state index is 0.162. The number of halogens is 1. The van der Waals surface area contributed by atoms with Gasteiger partial charge in [-0.05, 0) is 42.0 Å². The molecule has 0 spiro atoms. The van der Waals surface area contributed by atoms with Crippen LogP contribution in [-0.4, -0.2) is 10.8 Å². The molecule has 0 bridgehead atoms. The fourth-order valence-electron chi connectivity index (χ4n) is 3.09. The van der Waals surface area contributed by atoms with Crippen LogP contribution in [0.2, 0.25) is 0 Å². The molecule has 0 saturated carbocycles. The van der Waals surface area contributed by atoms with Crippen LogP contribution in [0.25, 0.3) is 6.08 Å². The Kier molecular flexibility index (Phi) is 4.37. The van der Waals surface area contributed by atoms with E-state index in [0.717, 1.165) is 15.7 Å². The lowest BCUT2D eigenvalue weighted by Gasteiger charge is -2.43. The summed E-state index contributed by atoms with van der Waals surface area (Å²) in [5.74, 6) is -0.235. The third kappa shape index (κ3) is 3.17. The lowest BCUT2D eigenvalue weighted by atomic mass is 9.86.